The molecular formula is C27H25F3N6O3. The molecule has 2 fully saturated rings. The summed E-state index contributed by atoms with van der Waals surface area (Å²) in [7, 11) is 0. The fourth-order valence-electron chi connectivity index (χ4n) is 4.73. The lowest BCUT2D eigenvalue weighted by Gasteiger charge is -2.35. The van der Waals surface area contributed by atoms with Crippen LogP contribution in [0, 0.1) is 0 Å². The Bertz CT molecular complexity index is 1510. The first-order valence-electron chi connectivity index (χ1n) is 12.7. The van der Waals surface area contributed by atoms with E-state index < -0.39 is 6.36 Å². The molecule has 0 N–H and O–H groups in total. The van der Waals surface area contributed by atoms with E-state index in [1.807, 2.05) is 12.1 Å². The van der Waals surface area contributed by atoms with Crippen LogP contribution in [0.25, 0.3) is 22.8 Å². The number of aromatic nitrogens is 4. The van der Waals surface area contributed by atoms with Gasteiger partial charge in [-0.3, -0.25) is 9.69 Å². The summed E-state index contributed by atoms with van der Waals surface area (Å²) in [6, 6.07) is 12.9. The minimum Gasteiger partial charge on any atom is -0.406 e. The Morgan fingerprint density at radius 2 is 1.72 bits per heavy atom. The molecule has 4 aromatic rings. The van der Waals surface area contributed by atoms with Crippen LogP contribution in [0.15, 0.2) is 70.2 Å². The minimum absolute atomic E-state index is 0.179. The summed E-state index contributed by atoms with van der Waals surface area (Å²) >= 11 is 0. The fourth-order valence-corrected chi connectivity index (χ4v) is 4.73. The lowest BCUT2D eigenvalue weighted by Crippen LogP contribution is -2.47. The summed E-state index contributed by atoms with van der Waals surface area (Å²) in [5.74, 6) is 0.933. The van der Waals surface area contributed by atoms with Crippen LogP contribution in [0.4, 0.5) is 19.0 Å². The predicted octanol–water partition coefficient (Wildman–Crippen LogP) is 4.19. The molecule has 39 heavy (non-hydrogen) atoms. The topological polar surface area (TPSA) is 89.5 Å². The predicted molar refractivity (Wildman–Crippen MR) is 136 cm³/mol. The number of halogens is 3. The quantitative estimate of drug-likeness (QED) is 0.346. The lowest BCUT2D eigenvalue weighted by molar-refractivity contribution is -0.274. The van der Waals surface area contributed by atoms with Gasteiger partial charge in [-0.2, -0.15) is 4.98 Å². The van der Waals surface area contributed by atoms with Gasteiger partial charge in [0.15, 0.2) is 0 Å². The summed E-state index contributed by atoms with van der Waals surface area (Å²) in [5, 5.41) is 3.93. The molecule has 6 rings (SSSR count). The van der Waals surface area contributed by atoms with Gasteiger partial charge in [0.1, 0.15) is 11.6 Å². The van der Waals surface area contributed by atoms with Crippen LogP contribution in [0.1, 0.15) is 18.4 Å². The maximum atomic E-state index is 12.6. The van der Waals surface area contributed by atoms with E-state index >= 15 is 0 Å². The summed E-state index contributed by atoms with van der Waals surface area (Å²) < 4.78 is 48.1. The number of benzene rings is 1. The Hall–Kier alpha value is -4.19. The Morgan fingerprint density at radius 1 is 0.974 bits per heavy atom. The second kappa shape index (κ2) is 10.2. The Kier molecular flexibility index (Phi) is 6.55. The molecule has 0 unspecified atom stereocenters. The molecule has 1 aliphatic carbocycles. The van der Waals surface area contributed by atoms with E-state index in [1.165, 1.54) is 43.2 Å². The van der Waals surface area contributed by atoms with Crippen LogP contribution in [-0.4, -0.2) is 63.2 Å². The SMILES string of the molecule is O=c1ccc(-c2nc(-c3ccc(OC(F)(F)F)cc3)no2)cn1Cc1ccnc(N2CCN(C3CC3)CC2)c1. The molecule has 1 aromatic carbocycles. The number of rotatable bonds is 7. The van der Waals surface area contributed by atoms with Crippen molar-refractivity contribution in [2.24, 2.45) is 0 Å². The normalized spacial score (nSPS) is 16.4. The van der Waals surface area contributed by atoms with Gasteiger partial charge in [0.05, 0.1) is 12.1 Å². The zero-order valence-corrected chi connectivity index (χ0v) is 20.8. The molecule has 3 aromatic heterocycles. The molecule has 1 aliphatic heterocycles. The number of ether oxygens (including phenoxy) is 1. The largest absolute Gasteiger partial charge is 0.573 e. The fraction of sp³-hybridized carbons (Fsp3) is 0.333. The molecule has 202 valence electrons. The Morgan fingerprint density at radius 3 is 2.44 bits per heavy atom. The second-order valence-electron chi connectivity index (χ2n) is 9.66. The number of pyridine rings is 2. The van der Waals surface area contributed by atoms with Crippen molar-refractivity contribution in [2.45, 2.75) is 31.8 Å². The van der Waals surface area contributed by atoms with Crippen molar-refractivity contribution < 1.29 is 22.4 Å². The minimum atomic E-state index is -4.77. The van der Waals surface area contributed by atoms with Crippen LogP contribution >= 0.6 is 0 Å². The molecular weight excluding hydrogens is 513 g/mol. The van der Waals surface area contributed by atoms with Gasteiger partial charge >= 0.3 is 6.36 Å². The maximum absolute atomic E-state index is 12.6. The summed E-state index contributed by atoms with van der Waals surface area (Å²) in [5.41, 5.74) is 1.75. The molecule has 12 heteroatoms. The molecule has 0 amide bonds. The zero-order valence-electron chi connectivity index (χ0n) is 20.8. The van der Waals surface area contributed by atoms with Gasteiger partial charge < -0.3 is 18.7 Å². The summed E-state index contributed by atoms with van der Waals surface area (Å²) in [6.45, 7) is 4.28. The highest BCUT2D eigenvalue weighted by molar-refractivity contribution is 5.60. The van der Waals surface area contributed by atoms with E-state index in [0.717, 1.165) is 43.6 Å². The van der Waals surface area contributed by atoms with Crippen LogP contribution in [-0.2, 0) is 6.54 Å². The number of hydrogen-bond acceptors (Lipinski definition) is 8. The third-order valence-corrected chi connectivity index (χ3v) is 6.87. The number of nitrogens with zero attached hydrogens (tertiary/aromatic N) is 6. The van der Waals surface area contributed by atoms with E-state index in [9.17, 15) is 18.0 Å². The van der Waals surface area contributed by atoms with Gasteiger partial charge in [-0.05, 0) is 60.9 Å². The van der Waals surface area contributed by atoms with Crippen molar-refractivity contribution in [1.82, 2.24) is 24.6 Å². The number of hydrogen-bond donors (Lipinski definition) is 0. The highest BCUT2D eigenvalue weighted by Crippen LogP contribution is 2.29. The van der Waals surface area contributed by atoms with Crippen molar-refractivity contribution in [3.63, 3.8) is 0 Å². The number of anilines is 1. The van der Waals surface area contributed by atoms with E-state index in [2.05, 4.69) is 29.7 Å². The van der Waals surface area contributed by atoms with Crippen molar-refractivity contribution in [1.29, 1.82) is 0 Å². The smallest absolute Gasteiger partial charge is 0.406 e. The first-order chi connectivity index (χ1) is 18.8. The van der Waals surface area contributed by atoms with E-state index in [-0.39, 0.29) is 23.0 Å². The van der Waals surface area contributed by atoms with Crippen LogP contribution in [0.5, 0.6) is 5.75 Å². The zero-order chi connectivity index (χ0) is 27.0. The molecule has 1 saturated heterocycles. The van der Waals surface area contributed by atoms with Gasteiger partial charge in [-0.25, -0.2) is 4.98 Å². The molecule has 1 saturated carbocycles. The Labute approximate surface area is 221 Å². The first kappa shape index (κ1) is 25.1. The van der Waals surface area contributed by atoms with Crippen LogP contribution in [0.2, 0.25) is 0 Å². The van der Waals surface area contributed by atoms with Gasteiger partial charge in [0.25, 0.3) is 11.4 Å². The average molecular weight is 539 g/mol. The molecule has 0 radical (unpaired) electrons. The van der Waals surface area contributed by atoms with E-state index in [0.29, 0.717) is 17.7 Å². The third-order valence-electron chi connectivity index (χ3n) is 6.87. The van der Waals surface area contributed by atoms with Gasteiger partial charge in [0, 0.05) is 56.2 Å². The lowest BCUT2D eigenvalue weighted by atomic mass is 10.2. The van der Waals surface area contributed by atoms with E-state index in [4.69, 9.17) is 4.52 Å². The van der Waals surface area contributed by atoms with E-state index in [1.54, 1.807) is 23.0 Å². The molecule has 4 heterocycles. The molecule has 2 aliphatic rings. The standard InChI is InChI=1S/C27H25F3N6O3/c28-27(29,30)38-22-6-1-19(2-7-22)25-32-26(39-33-25)20-3-8-24(37)36(17-20)16-18-9-10-31-23(15-18)35-13-11-34(12-14-35)21-4-5-21/h1-3,6-10,15,17,21H,4-5,11-14,16H2. The van der Waals surface area contributed by atoms with Crippen molar-refractivity contribution in [2.75, 3.05) is 31.1 Å². The maximum Gasteiger partial charge on any atom is 0.573 e. The average Bonchev–Trinajstić information content (AvgIpc) is 3.66. The molecule has 0 spiro atoms. The monoisotopic (exact) mass is 538 g/mol. The summed E-state index contributed by atoms with van der Waals surface area (Å²) in [4.78, 5) is 26.4. The second-order valence-corrected chi connectivity index (χ2v) is 9.66. The van der Waals surface area contributed by atoms with Crippen molar-refractivity contribution >= 4 is 5.82 Å². The van der Waals surface area contributed by atoms with Crippen LogP contribution in [0.3, 0.4) is 0 Å². The van der Waals surface area contributed by atoms with Crippen molar-refractivity contribution in [3.8, 4) is 28.6 Å². The van der Waals surface area contributed by atoms with Crippen LogP contribution < -0.4 is 15.2 Å². The van der Waals surface area contributed by atoms with Gasteiger partial charge in [0.2, 0.25) is 5.82 Å². The van der Waals surface area contributed by atoms with Gasteiger partial charge in [-0.15, -0.1) is 13.2 Å². The number of alkyl halides is 3. The molecule has 9 nitrogen and oxygen atoms in total. The summed E-state index contributed by atoms with van der Waals surface area (Å²) in [6.07, 6.45) is 1.25. The molecule has 0 atom stereocenters. The molecule has 0 bridgehead atoms. The highest BCUT2D eigenvalue weighted by Gasteiger charge is 2.32. The van der Waals surface area contributed by atoms with Gasteiger partial charge in [-0.1, -0.05) is 5.16 Å². The first-order valence-corrected chi connectivity index (χ1v) is 12.7. The number of piperazine rings is 1. The van der Waals surface area contributed by atoms with Crippen molar-refractivity contribution in [3.05, 3.63) is 76.8 Å². The highest BCUT2D eigenvalue weighted by atomic mass is 19.4. The third kappa shape index (κ3) is 5.95. The Balaban J connectivity index is 1.16.